The van der Waals surface area contributed by atoms with E-state index < -0.39 is 0 Å². The highest BCUT2D eigenvalue weighted by Crippen LogP contribution is 2.27. The fraction of sp³-hybridized carbons (Fsp3) is 0.391. The van der Waals surface area contributed by atoms with E-state index >= 15 is 0 Å². The molecule has 168 valence electrons. The van der Waals surface area contributed by atoms with Gasteiger partial charge in [0.15, 0.2) is 0 Å². The summed E-state index contributed by atoms with van der Waals surface area (Å²) in [6.07, 6.45) is 3.51. The lowest BCUT2D eigenvalue weighted by Crippen LogP contribution is -2.55. The Morgan fingerprint density at radius 3 is 2.78 bits per heavy atom. The number of benzene rings is 1. The molecule has 1 fully saturated rings. The van der Waals surface area contributed by atoms with Crippen LogP contribution in [0.25, 0.3) is 11.0 Å². The van der Waals surface area contributed by atoms with Crippen molar-refractivity contribution in [3.8, 4) is 0 Å². The van der Waals surface area contributed by atoms with Gasteiger partial charge in [0.2, 0.25) is 0 Å². The van der Waals surface area contributed by atoms with Crippen molar-refractivity contribution in [3.63, 3.8) is 0 Å². The van der Waals surface area contributed by atoms with E-state index in [2.05, 4.69) is 30.5 Å². The highest BCUT2D eigenvalue weighted by molar-refractivity contribution is 5.97. The molecule has 1 saturated heterocycles. The Bertz CT molecular complexity index is 1140. The number of urea groups is 1. The summed E-state index contributed by atoms with van der Waals surface area (Å²) in [4.78, 5) is 41.3. The largest absolute Gasteiger partial charge is 0.352 e. The number of hydrogen-bond donors (Lipinski definition) is 3. The SMILES string of the molecule is Cc1c[nH]c2ncnc(N3CCN(C(=O)Nc4cccc(C(=O)NC(C)C)c4)[C@@H](C)C3)c12. The van der Waals surface area contributed by atoms with Gasteiger partial charge in [-0.25, -0.2) is 14.8 Å². The molecule has 1 aliphatic rings. The quantitative estimate of drug-likeness (QED) is 0.584. The third-order valence-corrected chi connectivity index (χ3v) is 5.63. The van der Waals surface area contributed by atoms with E-state index in [-0.39, 0.29) is 24.0 Å². The molecule has 32 heavy (non-hydrogen) atoms. The third-order valence-electron chi connectivity index (χ3n) is 5.63. The Labute approximate surface area is 187 Å². The lowest BCUT2D eigenvalue weighted by molar-refractivity contribution is 0.0943. The average Bonchev–Trinajstić information content (AvgIpc) is 3.14. The van der Waals surface area contributed by atoms with Gasteiger partial charge in [-0.1, -0.05) is 6.07 Å². The van der Waals surface area contributed by atoms with Crippen LogP contribution in [0.5, 0.6) is 0 Å². The molecule has 0 saturated carbocycles. The van der Waals surface area contributed by atoms with Gasteiger partial charge < -0.3 is 25.4 Å². The zero-order chi connectivity index (χ0) is 22.8. The van der Waals surface area contributed by atoms with Crippen molar-refractivity contribution in [1.29, 1.82) is 0 Å². The van der Waals surface area contributed by atoms with Gasteiger partial charge in [0.25, 0.3) is 5.91 Å². The minimum absolute atomic E-state index is 0.0135. The van der Waals surface area contributed by atoms with Crippen molar-refractivity contribution >= 4 is 34.5 Å². The minimum atomic E-state index is -0.177. The number of nitrogens with one attached hydrogen (secondary N) is 3. The number of aryl methyl sites for hydroxylation is 1. The normalized spacial score (nSPS) is 16.5. The third kappa shape index (κ3) is 4.37. The number of carbonyl (C=O) groups is 2. The summed E-state index contributed by atoms with van der Waals surface area (Å²) in [6, 6.07) is 6.85. The number of aromatic nitrogens is 3. The maximum atomic E-state index is 13.0. The summed E-state index contributed by atoms with van der Waals surface area (Å²) in [7, 11) is 0. The van der Waals surface area contributed by atoms with Crippen LogP contribution in [0, 0.1) is 6.92 Å². The number of H-pyrrole nitrogens is 1. The van der Waals surface area contributed by atoms with Crippen molar-refractivity contribution in [2.45, 2.75) is 39.8 Å². The smallest absolute Gasteiger partial charge is 0.322 e. The predicted octanol–water partition coefficient (Wildman–Crippen LogP) is 3.15. The highest BCUT2D eigenvalue weighted by atomic mass is 16.2. The average molecular weight is 436 g/mol. The maximum Gasteiger partial charge on any atom is 0.322 e. The van der Waals surface area contributed by atoms with Gasteiger partial charge in [-0.3, -0.25) is 4.79 Å². The second kappa shape index (κ2) is 8.86. The number of rotatable bonds is 4. The van der Waals surface area contributed by atoms with E-state index in [0.29, 0.717) is 30.9 Å². The van der Waals surface area contributed by atoms with Gasteiger partial charge >= 0.3 is 6.03 Å². The molecule has 0 aliphatic carbocycles. The number of nitrogens with zero attached hydrogens (tertiary/aromatic N) is 4. The van der Waals surface area contributed by atoms with Crippen LogP contribution in [0.3, 0.4) is 0 Å². The molecule has 4 rings (SSSR count). The fourth-order valence-electron chi connectivity index (χ4n) is 4.07. The van der Waals surface area contributed by atoms with Crippen molar-refractivity contribution in [2.24, 2.45) is 0 Å². The van der Waals surface area contributed by atoms with Gasteiger partial charge in [-0.2, -0.15) is 0 Å². The summed E-state index contributed by atoms with van der Waals surface area (Å²) < 4.78 is 0. The van der Waals surface area contributed by atoms with Crippen LogP contribution in [0.15, 0.2) is 36.8 Å². The van der Waals surface area contributed by atoms with E-state index in [0.717, 1.165) is 22.4 Å². The van der Waals surface area contributed by atoms with Crippen molar-refractivity contribution in [3.05, 3.63) is 47.9 Å². The van der Waals surface area contributed by atoms with E-state index in [1.807, 2.05) is 38.8 Å². The lowest BCUT2D eigenvalue weighted by Gasteiger charge is -2.40. The Kier molecular flexibility index (Phi) is 5.98. The summed E-state index contributed by atoms with van der Waals surface area (Å²) >= 11 is 0. The molecule has 3 aromatic rings. The number of anilines is 2. The summed E-state index contributed by atoms with van der Waals surface area (Å²) in [5.41, 5.74) is 3.04. The molecular weight excluding hydrogens is 406 g/mol. The molecule has 1 atom stereocenters. The zero-order valence-electron chi connectivity index (χ0n) is 18.8. The monoisotopic (exact) mass is 435 g/mol. The van der Waals surface area contributed by atoms with Crippen LogP contribution in [0.2, 0.25) is 0 Å². The number of piperazine rings is 1. The summed E-state index contributed by atoms with van der Waals surface area (Å²) in [6.45, 7) is 9.79. The van der Waals surface area contributed by atoms with Crippen molar-refractivity contribution in [1.82, 2.24) is 25.2 Å². The second-order valence-corrected chi connectivity index (χ2v) is 8.52. The van der Waals surface area contributed by atoms with Crippen LogP contribution in [-0.4, -0.2) is 63.5 Å². The summed E-state index contributed by atoms with van der Waals surface area (Å²) in [5, 5.41) is 6.82. The van der Waals surface area contributed by atoms with Gasteiger partial charge in [0.1, 0.15) is 17.8 Å². The molecular formula is C23H29N7O2. The van der Waals surface area contributed by atoms with E-state index in [1.54, 1.807) is 30.6 Å². The molecule has 1 aromatic carbocycles. The Morgan fingerprint density at radius 1 is 1.22 bits per heavy atom. The molecule has 3 N–H and O–H groups in total. The second-order valence-electron chi connectivity index (χ2n) is 8.52. The number of hydrogen-bond acceptors (Lipinski definition) is 5. The molecule has 1 aliphatic heterocycles. The van der Waals surface area contributed by atoms with Crippen molar-refractivity contribution < 1.29 is 9.59 Å². The van der Waals surface area contributed by atoms with Crippen LogP contribution in [-0.2, 0) is 0 Å². The predicted molar refractivity (Wildman–Crippen MR) is 125 cm³/mol. The van der Waals surface area contributed by atoms with E-state index in [4.69, 9.17) is 0 Å². The topological polar surface area (TPSA) is 106 Å². The van der Waals surface area contributed by atoms with Gasteiger partial charge in [-0.15, -0.1) is 0 Å². The molecule has 0 bridgehead atoms. The number of fused-ring (bicyclic) bond motifs is 1. The van der Waals surface area contributed by atoms with Crippen LogP contribution < -0.4 is 15.5 Å². The Hall–Kier alpha value is -3.62. The standard InChI is InChI=1S/C23H29N7O2/c1-14(2)27-22(31)17-6-5-7-18(10-17)28-23(32)30-9-8-29(12-16(30)4)21-19-15(3)11-24-20(19)25-13-26-21/h5-7,10-11,13-14,16H,8-9,12H2,1-4H3,(H,27,31)(H,28,32)(H,24,25,26)/t16-/m0/s1. The van der Waals surface area contributed by atoms with Gasteiger partial charge in [0, 0.05) is 49.2 Å². The summed E-state index contributed by atoms with van der Waals surface area (Å²) in [5.74, 6) is 0.735. The Balaban J connectivity index is 1.43. The fourth-order valence-corrected chi connectivity index (χ4v) is 4.07. The molecule has 2 aromatic heterocycles. The van der Waals surface area contributed by atoms with Crippen molar-refractivity contribution in [2.75, 3.05) is 29.9 Å². The van der Waals surface area contributed by atoms with Gasteiger partial charge in [-0.05, 0) is 51.5 Å². The molecule has 3 amide bonds. The Morgan fingerprint density at radius 2 is 2.03 bits per heavy atom. The molecule has 0 radical (unpaired) electrons. The van der Waals surface area contributed by atoms with E-state index in [9.17, 15) is 9.59 Å². The number of aromatic amines is 1. The number of carbonyl (C=O) groups excluding carboxylic acids is 2. The minimum Gasteiger partial charge on any atom is -0.352 e. The van der Waals surface area contributed by atoms with Crippen LogP contribution in [0.1, 0.15) is 36.7 Å². The number of amides is 3. The van der Waals surface area contributed by atoms with E-state index in [1.165, 1.54) is 0 Å². The maximum absolute atomic E-state index is 13.0. The molecule has 9 heteroatoms. The first-order chi connectivity index (χ1) is 15.3. The highest BCUT2D eigenvalue weighted by Gasteiger charge is 2.29. The van der Waals surface area contributed by atoms with Crippen LogP contribution in [0.4, 0.5) is 16.3 Å². The zero-order valence-corrected chi connectivity index (χ0v) is 18.8. The first kappa shape index (κ1) is 21.6. The molecule has 0 unspecified atom stereocenters. The first-order valence-electron chi connectivity index (χ1n) is 10.9. The van der Waals surface area contributed by atoms with Crippen LogP contribution >= 0.6 is 0 Å². The lowest BCUT2D eigenvalue weighted by atomic mass is 10.1. The first-order valence-corrected chi connectivity index (χ1v) is 10.9. The van der Waals surface area contributed by atoms with Gasteiger partial charge in [0.05, 0.1) is 5.39 Å². The molecule has 3 heterocycles. The molecule has 9 nitrogen and oxygen atoms in total. The molecule has 0 spiro atoms.